The Bertz CT molecular complexity index is 1120. The molecule has 0 radical (unpaired) electrons. The highest BCUT2D eigenvalue weighted by atomic mass is 35.5. The van der Waals surface area contributed by atoms with E-state index in [-0.39, 0.29) is 11.3 Å². The fraction of sp³-hybridized carbons (Fsp3) is 0.250. The molecule has 1 amide bonds. The van der Waals surface area contributed by atoms with Gasteiger partial charge < -0.3 is 9.88 Å². The Morgan fingerprint density at radius 2 is 2.03 bits per heavy atom. The van der Waals surface area contributed by atoms with Gasteiger partial charge in [0.2, 0.25) is 0 Å². The van der Waals surface area contributed by atoms with E-state index in [1.807, 2.05) is 26.0 Å². The number of aromatic nitrogens is 3. The second kappa shape index (κ2) is 9.27. The highest BCUT2D eigenvalue weighted by Gasteiger charge is 2.21. The molecule has 8 nitrogen and oxygen atoms in total. The number of carbonyl (C=O) groups is 1. The van der Waals surface area contributed by atoms with Gasteiger partial charge in [0.15, 0.2) is 5.16 Å². The van der Waals surface area contributed by atoms with Gasteiger partial charge in [-0.15, -0.1) is 10.2 Å². The molecule has 0 unspecified atom stereocenters. The van der Waals surface area contributed by atoms with E-state index in [4.69, 9.17) is 11.6 Å². The summed E-state index contributed by atoms with van der Waals surface area (Å²) < 4.78 is 1.66. The smallest absolute Gasteiger partial charge is 0.284 e. The summed E-state index contributed by atoms with van der Waals surface area (Å²) in [5, 5.41) is 23.3. The molecule has 0 atom stereocenters. The molecule has 1 aromatic heterocycles. The van der Waals surface area contributed by atoms with E-state index in [1.54, 1.807) is 23.7 Å². The third-order valence-corrected chi connectivity index (χ3v) is 6.08. The molecule has 0 fully saturated rings. The number of nitrogens with one attached hydrogen (secondary N) is 1. The number of nitro groups is 1. The Morgan fingerprint density at radius 1 is 1.27 bits per heavy atom. The van der Waals surface area contributed by atoms with Gasteiger partial charge in [-0.3, -0.25) is 14.9 Å². The molecule has 3 aromatic rings. The molecule has 1 heterocycles. The molecule has 0 aliphatic heterocycles. The van der Waals surface area contributed by atoms with Gasteiger partial charge in [0.25, 0.3) is 11.6 Å². The largest absolute Gasteiger partial charge is 0.321 e. The molecule has 2 aromatic carbocycles. The molecule has 156 valence electrons. The van der Waals surface area contributed by atoms with Crippen LogP contribution in [0.5, 0.6) is 0 Å². The van der Waals surface area contributed by atoms with Crippen molar-refractivity contribution in [1.29, 1.82) is 0 Å². The van der Waals surface area contributed by atoms with Crippen LogP contribution in [0.4, 0.5) is 11.4 Å². The fourth-order valence-electron chi connectivity index (χ4n) is 3.00. The second-order valence-corrected chi connectivity index (χ2v) is 7.90. The molecule has 1 N–H and O–H groups in total. The van der Waals surface area contributed by atoms with Crippen molar-refractivity contribution in [1.82, 2.24) is 14.8 Å². The van der Waals surface area contributed by atoms with Crippen LogP contribution in [0.3, 0.4) is 0 Å². The molecule has 0 saturated carbocycles. The molecule has 30 heavy (non-hydrogen) atoms. The number of carbonyl (C=O) groups excluding carboxylic acids is 1. The van der Waals surface area contributed by atoms with Gasteiger partial charge in [-0.25, -0.2) is 0 Å². The number of aryl methyl sites for hydroxylation is 2. The van der Waals surface area contributed by atoms with E-state index in [0.29, 0.717) is 33.6 Å². The SMILES string of the molecule is CCc1ccc(Cl)c(CC)c1NC(=O)c1ccc(Sc2nncn2C)c([N+](=O)[O-])c1. The number of hydrogen-bond donors (Lipinski definition) is 1. The van der Waals surface area contributed by atoms with Crippen LogP contribution in [0.2, 0.25) is 5.02 Å². The van der Waals surface area contributed by atoms with Crippen molar-refractivity contribution in [2.45, 2.75) is 36.7 Å². The summed E-state index contributed by atoms with van der Waals surface area (Å²) in [4.78, 5) is 24.4. The first kappa shape index (κ1) is 21.8. The number of nitrogens with zero attached hydrogens (tertiary/aromatic N) is 4. The Labute approximate surface area is 182 Å². The third kappa shape index (κ3) is 4.47. The van der Waals surface area contributed by atoms with Crippen LogP contribution >= 0.6 is 23.4 Å². The number of nitro benzene ring substituents is 1. The normalized spacial score (nSPS) is 10.8. The lowest BCUT2D eigenvalue weighted by molar-refractivity contribution is -0.387. The standard InChI is InChI=1S/C20H20ClN5O3S/c1-4-12-6-8-15(21)14(5-2)18(12)23-19(27)13-7-9-17(16(10-13)26(28)29)30-20-24-22-11-25(20)3/h6-11H,4-5H2,1-3H3,(H,23,27). The first-order valence-electron chi connectivity index (χ1n) is 9.27. The average molecular weight is 446 g/mol. The summed E-state index contributed by atoms with van der Waals surface area (Å²) in [6, 6.07) is 8.07. The lowest BCUT2D eigenvalue weighted by Crippen LogP contribution is -2.15. The quantitative estimate of drug-likeness (QED) is 0.409. The van der Waals surface area contributed by atoms with Crippen molar-refractivity contribution in [3.63, 3.8) is 0 Å². The topological polar surface area (TPSA) is 103 Å². The van der Waals surface area contributed by atoms with E-state index in [2.05, 4.69) is 15.5 Å². The van der Waals surface area contributed by atoms with Crippen molar-refractivity contribution >= 4 is 40.6 Å². The molecule has 0 bridgehead atoms. The van der Waals surface area contributed by atoms with Gasteiger partial charge in [-0.1, -0.05) is 31.5 Å². The Balaban J connectivity index is 1.94. The number of anilines is 1. The maximum absolute atomic E-state index is 12.9. The average Bonchev–Trinajstić information content (AvgIpc) is 3.13. The lowest BCUT2D eigenvalue weighted by atomic mass is 10.0. The molecule has 3 rings (SSSR count). The molecule has 0 aliphatic rings. The minimum Gasteiger partial charge on any atom is -0.321 e. The minimum atomic E-state index is -0.510. The summed E-state index contributed by atoms with van der Waals surface area (Å²) in [6.45, 7) is 3.95. The predicted octanol–water partition coefficient (Wildman–Crippen LogP) is 4.91. The maximum Gasteiger partial charge on any atom is 0.284 e. The molecular formula is C20H20ClN5O3S. The second-order valence-electron chi connectivity index (χ2n) is 6.49. The zero-order valence-electron chi connectivity index (χ0n) is 16.7. The van der Waals surface area contributed by atoms with Crippen LogP contribution in [0.25, 0.3) is 0 Å². The summed E-state index contributed by atoms with van der Waals surface area (Å²) in [6.07, 6.45) is 2.88. The van der Waals surface area contributed by atoms with Crippen LogP contribution < -0.4 is 5.32 Å². The third-order valence-electron chi connectivity index (χ3n) is 4.60. The predicted molar refractivity (Wildman–Crippen MR) is 116 cm³/mol. The number of amides is 1. The van der Waals surface area contributed by atoms with Crippen LogP contribution in [0.1, 0.15) is 35.3 Å². The number of halogens is 1. The fourth-order valence-corrected chi connectivity index (χ4v) is 4.14. The minimum absolute atomic E-state index is 0.173. The van der Waals surface area contributed by atoms with E-state index >= 15 is 0 Å². The van der Waals surface area contributed by atoms with Gasteiger partial charge >= 0.3 is 0 Å². The number of rotatable bonds is 7. The van der Waals surface area contributed by atoms with Crippen molar-refractivity contribution < 1.29 is 9.72 Å². The first-order valence-corrected chi connectivity index (χ1v) is 10.5. The molecular weight excluding hydrogens is 426 g/mol. The monoisotopic (exact) mass is 445 g/mol. The molecule has 10 heteroatoms. The van der Waals surface area contributed by atoms with Crippen LogP contribution in [-0.4, -0.2) is 25.6 Å². The summed E-state index contributed by atoms with van der Waals surface area (Å²) in [7, 11) is 1.75. The molecule has 0 aliphatic carbocycles. The Hall–Kier alpha value is -2.91. The van der Waals surface area contributed by atoms with Crippen LogP contribution in [-0.2, 0) is 19.9 Å². The molecule has 0 saturated heterocycles. The summed E-state index contributed by atoms with van der Waals surface area (Å²) in [5.41, 5.74) is 2.47. The van der Waals surface area contributed by atoms with Gasteiger partial charge in [-0.05, 0) is 53.9 Å². The van der Waals surface area contributed by atoms with E-state index in [1.165, 1.54) is 12.4 Å². The van der Waals surface area contributed by atoms with Crippen molar-refractivity contribution in [3.05, 3.63) is 68.5 Å². The van der Waals surface area contributed by atoms with E-state index in [0.717, 1.165) is 22.9 Å². The highest BCUT2D eigenvalue weighted by molar-refractivity contribution is 7.99. The number of benzene rings is 2. The molecule has 0 spiro atoms. The van der Waals surface area contributed by atoms with Crippen molar-refractivity contribution in [2.75, 3.05) is 5.32 Å². The Morgan fingerprint density at radius 3 is 2.63 bits per heavy atom. The first-order chi connectivity index (χ1) is 14.3. The van der Waals surface area contributed by atoms with Crippen molar-refractivity contribution in [2.24, 2.45) is 7.05 Å². The van der Waals surface area contributed by atoms with E-state index in [9.17, 15) is 14.9 Å². The van der Waals surface area contributed by atoms with Gasteiger partial charge in [-0.2, -0.15) is 0 Å². The van der Waals surface area contributed by atoms with Crippen LogP contribution in [0.15, 0.2) is 46.7 Å². The zero-order chi connectivity index (χ0) is 21.8. The van der Waals surface area contributed by atoms with Crippen molar-refractivity contribution in [3.8, 4) is 0 Å². The zero-order valence-corrected chi connectivity index (χ0v) is 18.3. The number of hydrogen-bond acceptors (Lipinski definition) is 6. The Kier molecular flexibility index (Phi) is 6.73. The van der Waals surface area contributed by atoms with Gasteiger partial charge in [0.1, 0.15) is 6.33 Å². The summed E-state index contributed by atoms with van der Waals surface area (Å²) in [5.74, 6) is -0.431. The van der Waals surface area contributed by atoms with Crippen LogP contribution in [0, 0.1) is 10.1 Å². The maximum atomic E-state index is 12.9. The summed E-state index contributed by atoms with van der Waals surface area (Å²) >= 11 is 7.41. The highest BCUT2D eigenvalue weighted by Crippen LogP contribution is 2.35. The van der Waals surface area contributed by atoms with Gasteiger partial charge in [0.05, 0.1) is 9.82 Å². The van der Waals surface area contributed by atoms with E-state index < -0.39 is 10.8 Å². The lowest BCUT2D eigenvalue weighted by Gasteiger charge is -2.16. The van der Waals surface area contributed by atoms with Gasteiger partial charge in [0, 0.05) is 29.4 Å².